The first-order valence-corrected chi connectivity index (χ1v) is 8.09. The smallest absolute Gasteiger partial charge is 0.293 e. The average Bonchev–Trinajstić information content (AvgIpc) is 2.57. The number of allylic oxidation sites excluding steroid dienone is 6. The van der Waals surface area contributed by atoms with E-state index in [1.54, 1.807) is 19.9 Å². The summed E-state index contributed by atoms with van der Waals surface area (Å²) in [4.78, 5) is 38.7. The summed E-state index contributed by atoms with van der Waals surface area (Å²) in [6, 6.07) is 2.03. The van der Waals surface area contributed by atoms with Crippen LogP contribution in [0.15, 0.2) is 45.0 Å². The molecule has 0 radical (unpaired) electrons. The number of carbonyl (C=O) groups excluding carboxylic acids is 1. The van der Waals surface area contributed by atoms with Gasteiger partial charge in [-0.25, -0.2) is 4.79 Å². The standard InChI is InChI=1S/C19H23N3O3/c1-6-13(7-2)10-14(11-20)8-9-15(23)17-16(12(3)4)18(24)21-19(25)22(17)5/h6,8-10,12H,7H2,1-5H3,(H,21,24,25)/b9-8+,13-6-,14-10+. The number of nitrogens with zero attached hydrogens (tertiary/aromatic N) is 2. The Hall–Kier alpha value is -2.94. The Balaban J connectivity index is 3.41. The van der Waals surface area contributed by atoms with Crippen LogP contribution in [0.4, 0.5) is 0 Å². The van der Waals surface area contributed by atoms with E-state index in [-0.39, 0.29) is 17.2 Å². The Morgan fingerprint density at radius 3 is 2.44 bits per heavy atom. The Morgan fingerprint density at radius 2 is 1.96 bits per heavy atom. The van der Waals surface area contributed by atoms with Gasteiger partial charge in [0, 0.05) is 12.6 Å². The second-order valence-corrected chi connectivity index (χ2v) is 5.86. The predicted octanol–water partition coefficient (Wildman–Crippen LogP) is 2.74. The van der Waals surface area contributed by atoms with E-state index in [1.165, 1.54) is 19.2 Å². The zero-order valence-corrected chi connectivity index (χ0v) is 15.2. The van der Waals surface area contributed by atoms with Gasteiger partial charge in [0.05, 0.1) is 11.6 Å². The number of carbonyl (C=O) groups is 1. The van der Waals surface area contributed by atoms with Gasteiger partial charge < -0.3 is 0 Å². The Morgan fingerprint density at radius 1 is 1.32 bits per heavy atom. The summed E-state index contributed by atoms with van der Waals surface area (Å²) in [7, 11) is 1.43. The van der Waals surface area contributed by atoms with E-state index < -0.39 is 17.0 Å². The molecule has 0 amide bonds. The fraction of sp³-hybridized carbons (Fsp3) is 0.368. The normalized spacial score (nSPS) is 12.7. The van der Waals surface area contributed by atoms with Crippen molar-refractivity contribution in [3.8, 4) is 6.07 Å². The van der Waals surface area contributed by atoms with E-state index in [0.29, 0.717) is 5.57 Å². The third-order valence-electron chi connectivity index (χ3n) is 3.83. The molecule has 1 rings (SSSR count). The summed E-state index contributed by atoms with van der Waals surface area (Å²) in [6.07, 6.45) is 6.98. The number of hydrogen-bond acceptors (Lipinski definition) is 4. The average molecular weight is 341 g/mol. The molecule has 0 aliphatic heterocycles. The minimum atomic E-state index is -0.649. The molecule has 132 valence electrons. The van der Waals surface area contributed by atoms with Crippen molar-refractivity contribution in [3.63, 3.8) is 0 Å². The summed E-state index contributed by atoms with van der Waals surface area (Å²) in [5, 5.41) is 9.22. The van der Waals surface area contributed by atoms with E-state index in [4.69, 9.17) is 0 Å². The van der Waals surface area contributed by atoms with Crippen molar-refractivity contribution in [2.45, 2.75) is 40.0 Å². The number of ketones is 1. The first-order valence-electron chi connectivity index (χ1n) is 8.09. The molecule has 0 atom stereocenters. The molecule has 0 fully saturated rings. The number of aromatic amines is 1. The van der Waals surface area contributed by atoms with Crippen molar-refractivity contribution in [3.05, 3.63) is 67.5 Å². The van der Waals surface area contributed by atoms with Crippen LogP contribution in [-0.4, -0.2) is 15.3 Å². The lowest BCUT2D eigenvalue weighted by Crippen LogP contribution is -2.35. The molecule has 0 aliphatic carbocycles. The van der Waals surface area contributed by atoms with Crippen molar-refractivity contribution >= 4 is 5.78 Å². The summed E-state index contributed by atoms with van der Waals surface area (Å²) in [6.45, 7) is 7.39. The minimum absolute atomic E-state index is 0.0408. The SMILES string of the molecule is C\C=C(/C=C(C#N)\C=C\C(=O)c1c(C(C)C)c(=O)[nH]c(=O)n1C)CC. The molecule has 25 heavy (non-hydrogen) atoms. The fourth-order valence-corrected chi connectivity index (χ4v) is 2.42. The third kappa shape index (κ3) is 4.77. The Labute approximate surface area is 146 Å². The van der Waals surface area contributed by atoms with Crippen LogP contribution >= 0.6 is 0 Å². The molecule has 1 aromatic heterocycles. The van der Waals surface area contributed by atoms with Crippen molar-refractivity contribution in [1.82, 2.24) is 9.55 Å². The molecule has 1 heterocycles. The van der Waals surface area contributed by atoms with Crippen LogP contribution in [0, 0.1) is 11.3 Å². The number of nitriles is 1. The molecular formula is C19H23N3O3. The van der Waals surface area contributed by atoms with Gasteiger partial charge in [-0.15, -0.1) is 0 Å². The topological polar surface area (TPSA) is 95.7 Å². The zero-order chi connectivity index (χ0) is 19.1. The van der Waals surface area contributed by atoms with Gasteiger partial charge in [-0.2, -0.15) is 5.26 Å². The van der Waals surface area contributed by atoms with Gasteiger partial charge in [-0.3, -0.25) is 19.1 Å². The summed E-state index contributed by atoms with van der Waals surface area (Å²) >= 11 is 0. The van der Waals surface area contributed by atoms with Crippen molar-refractivity contribution in [1.29, 1.82) is 5.26 Å². The minimum Gasteiger partial charge on any atom is -0.293 e. The number of rotatable bonds is 6. The highest BCUT2D eigenvalue weighted by molar-refractivity contribution is 6.04. The molecule has 6 heteroatoms. The van der Waals surface area contributed by atoms with Gasteiger partial charge in [-0.1, -0.05) is 32.4 Å². The number of nitrogens with one attached hydrogen (secondary N) is 1. The van der Waals surface area contributed by atoms with Gasteiger partial charge in [0.25, 0.3) is 5.56 Å². The zero-order valence-electron chi connectivity index (χ0n) is 15.2. The van der Waals surface area contributed by atoms with E-state index in [0.717, 1.165) is 16.6 Å². The molecule has 1 aromatic rings. The molecule has 0 aliphatic rings. The summed E-state index contributed by atoms with van der Waals surface area (Å²) < 4.78 is 1.13. The first-order chi connectivity index (χ1) is 11.8. The van der Waals surface area contributed by atoms with Crippen LogP contribution in [0.2, 0.25) is 0 Å². The van der Waals surface area contributed by atoms with Gasteiger partial charge in [0.1, 0.15) is 5.69 Å². The van der Waals surface area contributed by atoms with Crippen LogP contribution < -0.4 is 11.2 Å². The van der Waals surface area contributed by atoms with Gasteiger partial charge >= 0.3 is 5.69 Å². The number of H-pyrrole nitrogens is 1. The molecule has 1 N–H and O–H groups in total. The van der Waals surface area contributed by atoms with E-state index in [1.807, 2.05) is 26.0 Å². The van der Waals surface area contributed by atoms with Crippen LogP contribution in [0.5, 0.6) is 0 Å². The Bertz CT molecular complexity index is 903. The maximum atomic E-state index is 12.6. The van der Waals surface area contributed by atoms with Gasteiger partial charge in [-0.05, 0) is 37.5 Å². The van der Waals surface area contributed by atoms with Crippen molar-refractivity contribution in [2.75, 3.05) is 0 Å². The van der Waals surface area contributed by atoms with Crippen LogP contribution in [-0.2, 0) is 7.05 Å². The molecule has 0 aromatic carbocycles. The molecule has 0 saturated heterocycles. The molecule has 0 spiro atoms. The van der Waals surface area contributed by atoms with Crippen LogP contribution in [0.3, 0.4) is 0 Å². The lowest BCUT2D eigenvalue weighted by atomic mass is 9.99. The van der Waals surface area contributed by atoms with Crippen LogP contribution in [0.25, 0.3) is 0 Å². The van der Waals surface area contributed by atoms with Gasteiger partial charge in [0.2, 0.25) is 5.78 Å². The monoisotopic (exact) mass is 341 g/mol. The predicted molar refractivity (Wildman–Crippen MR) is 97.6 cm³/mol. The highest BCUT2D eigenvalue weighted by Crippen LogP contribution is 2.15. The van der Waals surface area contributed by atoms with E-state index in [9.17, 15) is 19.6 Å². The lowest BCUT2D eigenvalue weighted by molar-refractivity contribution is 0.103. The van der Waals surface area contributed by atoms with E-state index >= 15 is 0 Å². The molecular weight excluding hydrogens is 318 g/mol. The summed E-state index contributed by atoms with van der Waals surface area (Å²) in [5.74, 6) is -0.724. The fourth-order valence-electron chi connectivity index (χ4n) is 2.42. The van der Waals surface area contributed by atoms with Gasteiger partial charge in [0.15, 0.2) is 0 Å². The molecule has 0 saturated carbocycles. The highest BCUT2D eigenvalue weighted by Gasteiger charge is 2.20. The number of aromatic nitrogens is 2. The second-order valence-electron chi connectivity index (χ2n) is 5.86. The van der Waals surface area contributed by atoms with Crippen LogP contribution in [0.1, 0.15) is 56.1 Å². The molecule has 6 nitrogen and oxygen atoms in total. The van der Waals surface area contributed by atoms with E-state index in [2.05, 4.69) is 4.98 Å². The summed E-state index contributed by atoms with van der Waals surface area (Å²) in [5.41, 5.74) is 0.378. The quantitative estimate of drug-likeness (QED) is 0.372. The number of hydrogen-bond donors (Lipinski definition) is 1. The molecule has 0 unspecified atom stereocenters. The Kier molecular flexibility index (Phi) is 7.06. The maximum Gasteiger partial charge on any atom is 0.328 e. The first kappa shape index (κ1) is 20.1. The van der Waals surface area contributed by atoms with Crippen molar-refractivity contribution in [2.24, 2.45) is 7.05 Å². The third-order valence-corrected chi connectivity index (χ3v) is 3.83. The van der Waals surface area contributed by atoms with Crippen molar-refractivity contribution < 1.29 is 4.79 Å². The maximum absolute atomic E-state index is 12.6. The second kappa shape index (κ2) is 8.78. The molecule has 0 bridgehead atoms. The lowest BCUT2D eigenvalue weighted by Gasteiger charge is -2.12. The highest BCUT2D eigenvalue weighted by atomic mass is 16.2. The largest absolute Gasteiger partial charge is 0.328 e.